The first-order chi connectivity index (χ1) is 15.4. The highest BCUT2D eigenvalue weighted by molar-refractivity contribution is 7.18. The molecule has 6 nitrogen and oxygen atoms in total. The molecule has 0 spiro atoms. The maximum Gasteiger partial charge on any atom is 0.275 e. The molecule has 5 rings (SSSR count). The van der Waals surface area contributed by atoms with Crippen molar-refractivity contribution in [1.82, 2.24) is 14.5 Å². The molecule has 2 aliphatic heterocycles. The van der Waals surface area contributed by atoms with Gasteiger partial charge in [0.1, 0.15) is 22.9 Å². The third-order valence-electron chi connectivity index (χ3n) is 7.14. The van der Waals surface area contributed by atoms with Crippen molar-refractivity contribution in [1.29, 1.82) is 0 Å². The van der Waals surface area contributed by atoms with Crippen molar-refractivity contribution >= 4 is 21.6 Å². The SMILES string of the molecule is CC(C)C(O)Cc1cc2ncn(-c3ccc(OC4C[C@H]5CC[C@@H](C4)N5C)cc3)c(=O)c2s1. The summed E-state index contributed by atoms with van der Waals surface area (Å²) in [6.45, 7) is 3.99. The normalized spacial score (nSPS) is 24.3. The summed E-state index contributed by atoms with van der Waals surface area (Å²) in [6, 6.07) is 11.0. The van der Waals surface area contributed by atoms with Crippen LogP contribution >= 0.6 is 11.3 Å². The van der Waals surface area contributed by atoms with Gasteiger partial charge < -0.3 is 14.7 Å². The maximum absolute atomic E-state index is 13.1. The highest BCUT2D eigenvalue weighted by atomic mass is 32.1. The number of ether oxygens (including phenoxy) is 1. The van der Waals surface area contributed by atoms with E-state index >= 15 is 0 Å². The zero-order valence-corrected chi connectivity index (χ0v) is 19.7. The van der Waals surface area contributed by atoms with Crippen LogP contribution in [0.4, 0.5) is 0 Å². The van der Waals surface area contributed by atoms with Crippen molar-refractivity contribution in [3.63, 3.8) is 0 Å². The second-order valence-corrected chi connectivity index (χ2v) is 10.8. The summed E-state index contributed by atoms with van der Waals surface area (Å²) in [5.74, 6) is 1.03. The summed E-state index contributed by atoms with van der Waals surface area (Å²) < 4.78 is 8.49. The lowest BCUT2D eigenvalue weighted by atomic mass is 10.0. The number of fused-ring (bicyclic) bond motifs is 3. The predicted octanol–water partition coefficient (Wildman–Crippen LogP) is 4.01. The first kappa shape index (κ1) is 21.6. The summed E-state index contributed by atoms with van der Waals surface area (Å²) in [5, 5.41) is 10.2. The van der Waals surface area contributed by atoms with Crippen LogP contribution in [-0.4, -0.2) is 50.9 Å². The lowest BCUT2D eigenvalue weighted by molar-refractivity contribution is 0.0662. The molecule has 0 saturated carbocycles. The number of thiophene rings is 1. The highest BCUT2D eigenvalue weighted by Gasteiger charge is 2.39. The van der Waals surface area contributed by atoms with Gasteiger partial charge in [0.05, 0.1) is 17.3 Å². The predicted molar refractivity (Wildman–Crippen MR) is 128 cm³/mol. The van der Waals surface area contributed by atoms with E-state index in [9.17, 15) is 9.90 Å². The summed E-state index contributed by atoms with van der Waals surface area (Å²) in [4.78, 5) is 21.1. The number of hydrogen-bond acceptors (Lipinski definition) is 6. The van der Waals surface area contributed by atoms with Crippen LogP contribution in [0.25, 0.3) is 15.9 Å². The standard InChI is InChI=1S/C25H31N3O3S/c1-15(2)23(29)13-21-12-22-24(32-21)25(30)28(14-26-22)16-6-8-19(9-7-16)31-20-10-17-4-5-18(11-20)27(17)3/h6-9,12,14-15,17-18,20,23,29H,4-5,10-11,13H2,1-3H3/t17-,18+,20?,23?. The number of rotatable bonds is 6. The molecule has 2 aromatic heterocycles. The minimum Gasteiger partial charge on any atom is -0.490 e. The Balaban J connectivity index is 1.33. The van der Waals surface area contributed by atoms with Crippen molar-refractivity contribution in [3.8, 4) is 11.4 Å². The van der Waals surface area contributed by atoms with E-state index in [1.54, 1.807) is 10.9 Å². The zero-order valence-electron chi connectivity index (χ0n) is 18.9. The van der Waals surface area contributed by atoms with E-state index < -0.39 is 6.10 Å². The Kier molecular flexibility index (Phi) is 5.82. The Bertz CT molecular complexity index is 1140. The molecule has 170 valence electrons. The number of aliphatic hydroxyl groups excluding tert-OH is 1. The second-order valence-electron chi connectivity index (χ2n) is 9.62. The van der Waals surface area contributed by atoms with Gasteiger partial charge in [0.2, 0.25) is 0 Å². The smallest absolute Gasteiger partial charge is 0.275 e. The summed E-state index contributed by atoms with van der Waals surface area (Å²) in [7, 11) is 2.24. The van der Waals surface area contributed by atoms with Gasteiger partial charge in [0, 0.05) is 23.4 Å². The van der Waals surface area contributed by atoms with Crippen LogP contribution in [0.1, 0.15) is 44.4 Å². The first-order valence-electron chi connectivity index (χ1n) is 11.6. The summed E-state index contributed by atoms with van der Waals surface area (Å²) in [5.41, 5.74) is 1.39. The van der Waals surface area contributed by atoms with Crippen molar-refractivity contribution in [3.05, 3.63) is 51.9 Å². The van der Waals surface area contributed by atoms with Gasteiger partial charge in [-0.25, -0.2) is 4.98 Å². The average Bonchev–Trinajstić information content (AvgIpc) is 3.25. The van der Waals surface area contributed by atoms with E-state index in [0.29, 0.717) is 28.7 Å². The number of benzene rings is 1. The van der Waals surface area contributed by atoms with Gasteiger partial charge in [-0.1, -0.05) is 13.8 Å². The number of aromatic nitrogens is 2. The molecule has 3 aromatic rings. The first-order valence-corrected chi connectivity index (χ1v) is 12.4. The highest BCUT2D eigenvalue weighted by Crippen LogP contribution is 2.36. The minimum atomic E-state index is -0.419. The lowest BCUT2D eigenvalue weighted by Gasteiger charge is -2.36. The van der Waals surface area contributed by atoms with E-state index in [0.717, 1.165) is 29.2 Å². The molecular weight excluding hydrogens is 422 g/mol. The molecule has 2 bridgehead atoms. The summed E-state index contributed by atoms with van der Waals surface area (Å²) in [6.07, 6.45) is 6.70. The molecule has 1 aromatic carbocycles. The van der Waals surface area contributed by atoms with Gasteiger partial charge in [-0.05, 0) is 69.0 Å². The maximum atomic E-state index is 13.1. The van der Waals surface area contributed by atoms with Gasteiger partial charge >= 0.3 is 0 Å². The zero-order chi connectivity index (χ0) is 22.4. The van der Waals surface area contributed by atoms with Crippen molar-refractivity contribution in [2.24, 2.45) is 5.92 Å². The van der Waals surface area contributed by atoms with E-state index in [-0.39, 0.29) is 17.6 Å². The number of hydrogen-bond donors (Lipinski definition) is 1. The van der Waals surface area contributed by atoms with E-state index in [1.165, 1.54) is 24.2 Å². The molecule has 4 heterocycles. The van der Waals surface area contributed by atoms with Gasteiger partial charge in [-0.2, -0.15) is 0 Å². The fourth-order valence-corrected chi connectivity index (χ4v) is 6.11. The molecule has 0 aliphatic carbocycles. The topological polar surface area (TPSA) is 67.6 Å². The largest absolute Gasteiger partial charge is 0.490 e. The van der Waals surface area contributed by atoms with Crippen LogP contribution in [0.3, 0.4) is 0 Å². The van der Waals surface area contributed by atoms with E-state index in [1.807, 2.05) is 44.2 Å². The molecule has 4 atom stereocenters. The quantitative estimate of drug-likeness (QED) is 0.611. The third-order valence-corrected chi connectivity index (χ3v) is 8.28. The molecule has 2 aliphatic rings. The van der Waals surface area contributed by atoms with Crippen LogP contribution in [0.15, 0.2) is 41.5 Å². The van der Waals surface area contributed by atoms with Gasteiger partial charge in [-0.3, -0.25) is 9.36 Å². The molecule has 0 amide bonds. The Morgan fingerprint density at radius 2 is 1.88 bits per heavy atom. The molecule has 2 fully saturated rings. The molecule has 0 radical (unpaired) electrons. The monoisotopic (exact) mass is 453 g/mol. The van der Waals surface area contributed by atoms with Crippen LogP contribution in [0, 0.1) is 5.92 Å². The van der Waals surface area contributed by atoms with Gasteiger partial charge in [0.25, 0.3) is 5.56 Å². The van der Waals surface area contributed by atoms with Crippen LogP contribution in [0.5, 0.6) is 5.75 Å². The Labute approximate surface area is 192 Å². The van der Waals surface area contributed by atoms with Crippen molar-refractivity contribution in [2.75, 3.05) is 7.05 Å². The second kappa shape index (κ2) is 8.61. The Morgan fingerprint density at radius 1 is 1.19 bits per heavy atom. The van der Waals surface area contributed by atoms with Crippen molar-refractivity contribution in [2.45, 2.75) is 70.2 Å². The third kappa shape index (κ3) is 4.09. The molecule has 7 heteroatoms. The van der Waals surface area contributed by atoms with Crippen LogP contribution in [0.2, 0.25) is 0 Å². The van der Waals surface area contributed by atoms with Gasteiger partial charge in [-0.15, -0.1) is 11.3 Å². The van der Waals surface area contributed by atoms with Crippen molar-refractivity contribution < 1.29 is 9.84 Å². The minimum absolute atomic E-state index is 0.0779. The number of nitrogens with zero attached hydrogens (tertiary/aromatic N) is 3. The summed E-state index contributed by atoms with van der Waals surface area (Å²) >= 11 is 1.43. The molecule has 2 saturated heterocycles. The number of piperidine rings is 1. The Morgan fingerprint density at radius 3 is 2.53 bits per heavy atom. The fourth-order valence-electron chi connectivity index (χ4n) is 5.02. The molecule has 32 heavy (non-hydrogen) atoms. The average molecular weight is 454 g/mol. The molecular formula is C25H31N3O3S. The van der Waals surface area contributed by atoms with E-state index in [4.69, 9.17) is 4.74 Å². The number of aliphatic hydroxyl groups is 1. The molecule has 2 unspecified atom stereocenters. The van der Waals surface area contributed by atoms with Crippen LogP contribution < -0.4 is 10.3 Å². The lowest BCUT2D eigenvalue weighted by Crippen LogP contribution is -2.43. The molecule has 1 N–H and O–H groups in total. The Hall–Kier alpha value is -2.22. The fraction of sp³-hybridized carbons (Fsp3) is 0.520. The van der Waals surface area contributed by atoms with E-state index in [2.05, 4.69) is 16.9 Å². The van der Waals surface area contributed by atoms with Gasteiger partial charge in [0.15, 0.2) is 0 Å². The van der Waals surface area contributed by atoms with Crippen LogP contribution in [-0.2, 0) is 6.42 Å².